The molecule has 0 bridgehead atoms. The van der Waals surface area contributed by atoms with Gasteiger partial charge in [0.25, 0.3) is 0 Å². The van der Waals surface area contributed by atoms with E-state index in [4.69, 9.17) is 9.79 Å². The number of carbonyl (C=O) groups is 4. The summed E-state index contributed by atoms with van der Waals surface area (Å²) in [5, 5.41) is 8.03. The SMILES string of the molecule is CCCCN(CCCC)C(=O)[C@H](C)NC(=O)[C@H](NC(=O)[C@H](Cc1ccc(OP(=O)(O)O)cc1)NC(C)=O)C(C)C. The average Bonchev–Trinajstić information content (AvgIpc) is 2.86. The van der Waals surface area contributed by atoms with Gasteiger partial charge < -0.3 is 25.4 Å². The van der Waals surface area contributed by atoms with Crippen LogP contribution in [0.25, 0.3) is 0 Å². The van der Waals surface area contributed by atoms with Gasteiger partial charge in [-0.15, -0.1) is 0 Å². The fraction of sp³-hybridized carbons (Fsp3) is 0.630. The zero-order chi connectivity index (χ0) is 30.5. The van der Waals surface area contributed by atoms with Gasteiger partial charge >= 0.3 is 7.82 Å². The Morgan fingerprint density at radius 2 is 1.45 bits per heavy atom. The van der Waals surface area contributed by atoms with Gasteiger partial charge in [0.15, 0.2) is 0 Å². The number of nitrogens with one attached hydrogen (secondary N) is 3. The van der Waals surface area contributed by atoms with E-state index < -0.39 is 43.7 Å². The average molecular weight is 585 g/mol. The Labute approximate surface area is 236 Å². The molecule has 0 saturated carbocycles. The number of carbonyl (C=O) groups excluding carboxylic acids is 4. The lowest BCUT2D eigenvalue weighted by atomic mass is 10.0. The second kappa shape index (κ2) is 17.0. The standard InChI is InChI=1S/C27H45N4O8P/c1-7-9-15-31(16-10-8-2)27(35)19(5)28-26(34)24(18(3)4)30-25(33)23(29-20(6)32)17-21-11-13-22(14-12-21)39-40(36,37)38/h11-14,18-19,23-24H,7-10,15-17H2,1-6H3,(H,28,34)(H,29,32)(H,30,33)(H2,36,37,38)/t19-,23-,24+/m0/s1. The lowest BCUT2D eigenvalue weighted by Gasteiger charge is -2.29. The zero-order valence-corrected chi connectivity index (χ0v) is 25.2. The maximum Gasteiger partial charge on any atom is 0.524 e. The highest BCUT2D eigenvalue weighted by molar-refractivity contribution is 7.46. The van der Waals surface area contributed by atoms with Crippen molar-refractivity contribution < 1.29 is 38.1 Å². The molecular weight excluding hydrogens is 539 g/mol. The van der Waals surface area contributed by atoms with Crippen molar-refractivity contribution in [3.63, 3.8) is 0 Å². The molecule has 40 heavy (non-hydrogen) atoms. The van der Waals surface area contributed by atoms with Crippen LogP contribution in [0.15, 0.2) is 24.3 Å². The van der Waals surface area contributed by atoms with E-state index in [0.29, 0.717) is 18.7 Å². The molecule has 226 valence electrons. The van der Waals surface area contributed by atoms with Gasteiger partial charge in [-0.3, -0.25) is 29.0 Å². The van der Waals surface area contributed by atoms with Crippen molar-refractivity contribution in [2.45, 2.75) is 91.8 Å². The third kappa shape index (κ3) is 12.9. The van der Waals surface area contributed by atoms with Gasteiger partial charge in [0.1, 0.15) is 23.9 Å². The molecule has 1 aromatic carbocycles. The highest BCUT2D eigenvalue weighted by Crippen LogP contribution is 2.37. The van der Waals surface area contributed by atoms with Crippen LogP contribution in [0, 0.1) is 5.92 Å². The van der Waals surface area contributed by atoms with E-state index in [1.165, 1.54) is 31.2 Å². The second-order valence-corrected chi connectivity index (χ2v) is 11.3. The summed E-state index contributed by atoms with van der Waals surface area (Å²) in [6.07, 6.45) is 3.67. The van der Waals surface area contributed by atoms with Crippen LogP contribution < -0.4 is 20.5 Å². The Hall–Kier alpha value is -2.95. The minimum Gasteiger partial charge on any atom is -0.404 e. The van der Waals surface area contributed by atoms with Crippen molar-refractivity contribution in [2.24, 2.45) is 5.92 Å². The quantitative estimate of drug-likeness (QED) is 0.173. The summed E-state index contributed by atoms with van der Waals surface area (Å²) in [5.74, 6) is -2.09. The zero-order valence-electron chi connectivity index (χ0n) is 24.3. The van der Waals surface area contributed by atoms with Crippen LogP contribution in [-0.4, -0.2) is 69.5 Å². The van der Waals surface area contributed by atoms with Gasteiger partial charge in [0, 0.05) is 26.4 Å². The number of amides is 4. The smallest absolute Gasteiger partial charge is 0.404 e. The molecule has 0 aromatic heterocycles. The normalized spacial score (nSPS) is 13.6. The van der Waals surface area contributed by atoms with Gasteiger partial charge in [-0.1, -0.05) is 52.7 Å². The van der Waals surface area contributed by atoms with E-state index in [0.717, 1.165) is 25.7 Å². The lowest BCUT2D eigenvalue weighted by Crippen LogP contribution is -2.58. The van der Waals surface area contributed by atoms with Crippen LogP contribution in [-0.2, 0) is 30.2 Å². The number of hydrogen-bond donors (Lipinski definition) is 5. The Balaban J connectivity index is 2.97. The molecule has 0 radical (unpaired) electrons. The predicted octanol–water partition coefficient (Wildman–Crippen LogP) is 2.28. The Kier molecular flexibility index (Phi) is 14.9. The molecule has 12 nitrogen and oxygen atoms in total. The van der Waals surface area contributed by atoms with E-state index in [9.17, 15) is 23.7 Å². The third-order valence-electron chi connectivity index (χ3n) is 6.13. The van der Waals surface area contributed by atoms with Crippen LogP contribution in [0.1, 0.15) is 72.8 Å². The van der Waals surface area contributed by atoms with Crippen molar-refractivity contribution in [2.75, 3.05) is 13.1 Å². The van der Waals surface area contributed by atoms with Crippen LogP contribution in [0.4, 0.5) is 0 Å². The highest BCUT2D eigenvalue weighted by atomic mass is 31.2. The van der Waals surface area contributed by atoms with Crippen molar-refractivity contribution in [3.05, 3.63) is 29.8 Å². The first-order chi connectivity index (χ1) is 18.7. The molecule has 1 rings (SSSR count). The monoisotopic (exact) mass is 584 g/mol. The summed E-state index contributed by atoms with van der Waals surface area (Å²) in [5.41, 5.74) is 0.580. The fourth-order valence-corrected chi connectivity index (χ4v) is 4.37. The lowest BCUT2D eigenvalue weighted by molar-refractivity contribution is -0.137. The van der Waals surface area contributed by atoms with Gasteiger partial charge in [-0.05, 0) is 43.4 Å². The van der Waals surface area contributed by atoms with E-state index in [-0.39, 0.29) is 24.0 Å². The number of phosphoric acid groups is 1. The number of hydrogen-bond acceptors (Lipinski definition) is 6. The highest BCUT2D eigenvalue weighted by Gasteiger charge is 2.31. The predicted molar refractivity (Wildman–Crippen MR) is 151 cm³/mol. The fourth-order valence-electron chi connectivity index (χ4n) is 3.97. The topological polar surface area (TPSA) is 174 Å². The summed E-state index contributed by atoms with van der Waals surface area (Å²) in [6, 6.07) is 2.93. The van der Waals surface area contributed by atoms with Gasteiger partial charge in [-0.25, -0.2) is 4.57 Å². The molecule has 0 fully saturated rings. The number of phosphoric ester groups is 1. The van der Waals surface area contributed by atoms with E-state index in [1.807, 2.05) is 13.8 Å². The number of benzene rings is 1. The molecule has 0 saturated heterocycles. The van der Waals surface area contributed by atoms with Crippen molar-refractivity contribution in [1.82, 2.24) is 20.9 Å². The Morgan fingerprint density at radius 1 is 0.900 bits per heavy atom. The number of nitrogens with zero attached hydrogens (tertiary/aromatic N) is 1. The second-order valence-electron chi connectivity index (χ2n) is 10.2. The molecule has 1 aromatic rings. The summed E-state index contributed by atoms with van der Waals surface area (Å²) in [7, 11) is -4.72. The molecule has 4 amide bonds. The molecule has 0 heterocycles. The first kappa shape index (κ1) is 35.1. The van der Waals surface area contributed by atoms with Crippen LogP contribution in [0.5, 0.6) is 5.75 Å². The molecule has 0 aliphatic rings. The summed E-state index contributed by atoms with van der Waals surface area (Å²) in [4.78, 5) is 70.9. The van der Waals surface area contributed by atoms with Gasteiger partial charge in [0.05, 0.1) is 0 Å². The van der Waals surface area contributed by atoms with Crippen LogP contribution >= 0.6 is 7.82 Å². The van der Waals surface area contributed by atoms with E-state index >= 15 is 0 Å². The molecule has 5 N–H and O–H groups in total. The Morgan fingerprint density at radius 3 is 1.90 bits per heavy atom. The summed E-state index contributed by atoms with van der Waals surface area (Å²) >= 11 is 0. The van der Waals surface area contributed by atoms with Crippen molar-refractivity contribution in [1.29, 1.82) is 0 Å². The Bertz CT molecular complexity index is 1020. The van der Waals surface area contributed by atoms with Gasteiger partial charge in [0.2, 0.25) is 23.6 Å². The maximum atomic E-state index is 13.2. The largest absolute Gasteiger partial charge is 0.524 e. The van der Waals surface area contributed by atoms with E-state index in [2.05, 4.69) is 20.5 Å². The van der Waals surface area contributed by atoms with Crippen molar-refractivity contribution in [3.8, 4) is 5.75 Å². The summed E-state index contributed by atoms with van der Waals surface area (Å²) in [6.45, 7) is 11.7. The van der Waals surface area contributed by atoms with Crippen LogP contribution in [0.3, 0.4) is 0 Å². The number of unbranched alkanes of at least 4 members (excludes halogenated alkanes) is 2. The molecule has 13 heteroatoms. The van der Waals surface area contributed by atoms with E-state index in [1.54, 1.807) is 25.7 Å². The molecule has 0 spiro atoms. The van der Waals surface area contributed by atoms with Gasteiger partial charge in [-0.2, -0.15) is 0 Å². The first-order valence-electron chi connectivity index (χ1n) is 13.7. The molecule has 0 aliphatic heterocycles. The first-order valence-corrected chi connectivity index (χ1v) is 15.2. The minimum absolute atomic E-state index is 0.0484. The third-order valence-corrected chi connectivity index (χ3v) is 6.58. The number of rotatable bonds is 17. The molecule has 3 atom stereocenters. The molecule has 0 unspecified atom stereocenters. The van der Waals surface area contributed by atoms with Crippen molar-refractivity contribution >= 4 is 31.5 Å². The summed E-state index contributed by atoms with van der Waals surface area (Å²) < 4.78 is 15.6. The van der Waals surface area contributed by atoms with Crippen LogP contribution in [0.2, 0.25) is 0 Å². The molecular formula is C27H45N4O8P. The maximum absolute atomic E-state index is 13.2. The molecule has 0 aliphatic carbocycles. The minimum atomic E-state index is -4.72.